The number of hydrogen-bond acceptors (Lipinski definition) is 7. The molecule has 7 nitrogen and oxygen atoms in total. The first kappa shape index (κ1) is 24.9. The van der Waals surface area contributed by atoms with E-state index < -0.39 is 18.5 Å². The van der Waals surface area contributed by atoms with Crippen molar-refractivity contribution in [3.8, 4) is 23.1 Å². The fourth-order valence-electron chi connectivity index (χ4n) is 3.20. The zero-order chi connectivity index (χ0) is 25.3. The molecule has 0 aliphatic rings. The summed E-state index contributed by atoms with van der Waals surface area (Å²) in [6.45, 7) is -0.555. The third-order valence-corrected chi connectivity index (χ3v) is 6.16. The van der Waals surface area contributed by atoms with Crippen molar-refractivity contribution in [1.82, 2.24) is 4.98 Å². The van der Waals surface area contributed by atoms with E-state index in [1.165, 1.54) is 16.2 Å². The maximum Gasteiger partial charge on any atom is 0.344 e. The lowest BCUT2D eigenvalue weighted by Crippen LogP contribution is -2.34. The predicted molar refractivity (Wildman–Crippen MR) is 138 cm³/mol. The number of nitrogens with zero attached hydrogens (tertiary/aromatic N) is 3. The van der Waals surface area contributed by atoms with E-state index in [0.717, 1.165) is 11.1 Å². The maximum absolute atomic E-state index is 13.1. The van der Waals surface area contributed by atoms with Gasteiger partial charge in [0.05, 0.1) is 23.9 Å². The van der Waals surface area contributed by atoms with Crippen molar-refractivity contribution in [2.24, 2.45) is 0 Å². The molecular formula is C27H20ClN3O4S. The van der Waals surface area contributed by atoms with Gasteiger partial charge in [-0.05, 0) is 42.0 Å². The quantitative estimate of drug-likeness (QED) is 0.272. The van der Waals surface area contributed by atoms with Crippen LogP contribution in [0.15, 0.2) is 84.2 Å². The average Bonchev–Trinajstić information content (AvgIpc) is 3.40. The van der Waals surface area contributed by atoms with Crippen LogP contribution >= 0.6 is 22.9 Å². The summed E-state index contributed by atoms with van der Waals surface area (Å²) in [5, 5.41) is 11.8. The lowest BCUT2D eigenvalue weighted by Gasteiger charge is -2.20. The van der Waals surface area contributed by atoms with E-state index in [1.54, 1.807) is 36.4 Å². The van der Waals surface area contributed by atoms with Crippen LogP contribution in [-0.4, -0.2) is 30.1 Å². The fraction of sp³-hybridized carbons (Fsp3) is 0.111. The Kier molecular flexibility index (Phi) is 8.29. The Morgan fingerprint density at radius 3 is 2.39 bits per heavy atom. The lowest BCUT2D eigenvalue weighted by molar-refractivity contribution is -0.149. The minimum Gasteiger partial charge on any atom is -0.482 e. The van der Waals surface area contributed by atoms with Gasteiger partial charge in [-0.2, -0.15) is 5.26 Å². The number of benzene rings is 3. The molecule has 4 rings (SSSR count). The van der Waals surface area contributed by atoms with Crippen molar-refractivity contribution < 1.29 is 19.1 Å². The van der Waals surface area contributed by atoms with Gasteiger partial charge in [-0.1, -0.05) is 54.1 Å². The van der Waals surface area contributed by atoms with Crippen molar-refractivity contribution in [2.75, 3.05) is 18.1 Å². The Morgan fingerprint density at radius 1 is 0.972 bits per heavy atom. The van der Waals surface area contributed by atoms with Gasteiger partial charge in [-0.15, -0.1) is 11.3 Å². The van der Waals surface area contributed by atoms with Crippen LogP contribution in [0.1, 0.15) is 11.1 Å². The van der Waals surface area contributed by atoms with Crippen LogP contribution in [0.4, 0.5) is 5.13 Å². The molecule has 0 aliphatic carbocycles. The number of amides is 1. The molecule has 0 unspecified atom stereocenters. The van der Waals surface area contributed by atoms with Crippen molar-refractivity contribution in [1.29, 1.82) is 5.26 Å². The van der Waals surface area contributed by atoms with E-state index in [2.05, 4.69) is 4.98 Å². The Balaban J connectivity index is 1.42. The summed E-state index contributed by atoms with van der Waals surface area (Å²) in [5.41, 5.74) is 2.98. The molecule has 0 radical (unpaired) electrons. The van der Waals surface area contributed by atoms with E-state index in [4.69, 9.17) is 26.3 Å². The highest BCUT2D eigenvalue weighted by Gasteiger charge is 2.22. The van der Waals surface area contributed by atoms with E-state index in [9.17, 15) is 9.59 Å². The SMILES string of the molecule is N#Cc1ccc(OCC(=O)OCC(=O)N(Cc2ccccc2)c2nc(-c3ccc(Cl)cc3)cs2)cc1. The molecule has 1 heterocycles. The summed E-state index contributed by atoms with van der Waals surface area (Å²) in [6, 6.07) is 25.1. The number of hydrogen-bond donors (Lipinski definition) is 0. The highest BCUT2D eigenvalue weighted by molar-refractivity contribution is 7.14. The number of carbonyl (C=O) groups is 2. The van der Waals surface area contributed by atoms with Crippen molar-refractivity contribution in [3.63, 3.8) is 0 Å². The normalized spacial score (nSPS) is 10.3. The standard InChI is InChI=1S/C27H20ClN3O4S/c28-22-10-8-21(9-11-22)24-18-36-27(30-24)31(15-20-4-2-1-3-5-20)25(32)16-35-26(33)17-34-23-12-6-19(14-29)7-13-23/h1-13,18H,15-17H2. The molecule has 1 aromatic heterocycles. The Labute approximate surface area is 217 Å². The van der Waals surface area contributed by atoms with Crippen molar-refractivity contribution in [3.05, 3.63) is 100 Å². The van der Waals surface area contributed by atoms with Crippen LogP contribution in [0, 0.1) is 11.3 Å². The molecule has 0 saturated carbocycles. The molecule has 0 N–H and O–H groups in total. The zero-order valence-electron chi connectivity index (χ0n) is 19.0. The first-order valence-corrected chi connectivity index (χ1v) is 12.1. The highest BCUT2D eigenvalue weighted by atomic mass is 35.5. The second kappa shape index (κ2) is 12.0. The first-order valence-electron chi connectivity index (χ1n) is 10.9. The van der Waals surface area contributed by atoms with Gasteiger partial charge >= 0.3 is 5.97 Å². The van der Waals surface area contributed by atoms with Gasteiger partial charge in [0.2, 0.25) is 0 Å². The fourth-order valence-corrected chi connectivity index (χ4v) is 4.18. The van der Waals surface area contributed by atoms with Crippen LogP contribution in [0.25, 0.3) is 11.3 Å². The molecule has 180 valence electrons. The van der Waals surface area contributed by atoms with Crippen LogP contribution in [0.2, 0.25) is 5.02 Å². The lowest BCUT2D eigenvalue weighted by atomic mass is 10.2. The van der Waals surface area contributed by atoms with Crippen LogP contribution in [-0.2, 0) is 20.9 Å². The van der Waals surface area contributed by atoms with Gasteiger partial charge in [0.1, 0.15) is 5.75 Å². The number of nitriles is 1. The Hall–Kier alpha value is -4.19. The number of thiazole rings is 1. The summed E-state index contributed by atoms with van der Waals surface area (Å²) >= 11 is 7.31. The minimum atomic E-state index is -0.687. The second-order valence-electron chi connectivity index (χ2n) is 7.57. The van der Waals surface area contributed by atoms with Crippen LogP contribution in [0.3, 0.4) is 0 Å². The van der Waals surface area contributed by atoms with Gasteiger partial charge in [0.25, 0.3) is 5.91 Å². The summed E-state index contributed by atoms with van der Waals surface area (Å²) < 4.78 is 10.5. The number of rotatable bonds is 9. The molecule has 9 heteroatoms. The molecule has 3 aromatic carbocycles. The van der Waals surface area contributed by atoms with Crippen LogP contribution in [0.5, 0.6) is 5.75 Å². The monoisotopic (exact) mass is 517 g/mol. The zero-order valence-corrected chi connectivity index (χ0v) is 20.5. The largest absolute Gasteiger partial charge is 0.482 e. The topological polar surface area (TPSA) is 92.5 Å². The molecule has 0 bridgehead atoms. The van der Waals surface area contributed by atoms with E-state index in [0.29, 0.717) is 27.2 Å². The molecule has 0 saturated heterocycles. The molecule has 0 spiro atoms. The molecule has 4 aromatic rings. The molecule has 1 amide bonds. The molecular weight excluding hydrogens is 498 g/mol. The first-order chi connectivity index (χ1) is 17.5. The molecule has 0 fully saturated rings. The predicted octanol–water partition coefficient (Wildman–Crippen LogP) is 5.49. The number of anilines is 1. The van der Waals surface area contributed by atoms with Crippen molar-refractivity contribution >= 4 is 39.9 Å². The summed E-state index contributed by atoms with van der Waals surface area (Å²) in [5.74, 6) is -0.684. The van der Waals surface area contributed by atoms with E-state index in [1.807, 2.05) is 53.9 Å². The Morgan fingerprint density at radius 2 is 1.69 bits per heavy atom. The maximum atomic E-state index is 13.1. The van der Waals surface area contributed by atoms with Gasteiger partial charge in [0, 0.05) is 16.0 Å². The number of carbonyl (C=O) groups excluding carboxylic acids is 2. The third-order valence-electron chi connectivity index (χ3n) is 5.04. The summed E-state index contributed by atoms with van der Waals surface area (Å²) in [7, 11) is 0. The van der Waals surface area contributed by atoms with Gasteiger partial charge in [-0.25, -0.2) is 9.78 Å². The molecule has 0 aliphatic heterocycles. The van der Waals surface area contributed by atoms with Crippen LogP contribution < -0.4 is 9.64 Å². The number of halogens is 1. The summed E-state index contributed by atoms with van der Waals surface area (Å²) in [4.78, 5) is 31.4. The van der Waals surface area contributed by atoms with E-state index >= 15 is 0 Å². The van der Waals surface area contributed by atoms with Crippen molar-refractivity contribution in [2.45, 2.75) is 6.54 Å². The second-order valence-corrected chi connectivity index (χ2v) is 8.85. The van der Waals surface area contributed by atoms with Gasteiger partial charge in [-0.3, -0.25) is 9.69 Å². The number of ether oxygens (including phenoxy) is 2. The van der Waals surface area contributed by atoms with Gasteiger partial charge in [0.15, 0.2) is 18.3 Å². The molecule has 36 heavy (non-hydrogen) atoms. The Bertz CT molecular complexity index is 1370. The smallest absolute Gasteiger partial charge is 0.344 e. The summed E-state index contributed by atoms with van der Waals surface area (Å²) in [6.07, 6.45) is 0. The molecule has 0 atom stereocenters. The average molecular weight is 518 g/mol. The highest BCUT2D eigenvalue weighted by Crippen LogP contribution is 2.29. The van der Waals surface area contributed by atoms with Gasteiger partial charge < -0.3 is 9.47 Å². The number of aromatic nitrogens is 1. The van der Waals surface area contributed by atoms with E-state index in [-0.39, 0.29) is 13.2 Å². The number of esters is 1. The third kappa shape index (κ3) is 6.69. The minimum absolute atomic E-state index is 0.270.